The lowest BCUT2D eigenvalue weighted by Crippen LogP contribution is -2.64. The quantitative estimate of drug-likeness (QED) is 0.677. The van der Waals surface area contributed by atoms with Gasteiger partial charge in [-0.25, -0.2) is 0 Å². The Morgan fingerprint density at radius 3 is 2.35 bits per heavy atom. The van der Waals surface area contributed by atoms with Crippen molar-refractivity contribution in [2.24, 2.45) is 0 Å². The Labute approximate surface area is 161 Å². The van der Waals surface area contributed by atoms with Crippen molar-refractivity contribution in [2.75, 3.05) is 23.5 Å². The molecule has 1 saturated heterocycles. The van der Waals surface area contributed by atoms with Gasteiger partial charge in [0, 0.05) is 30.3 Å². The zero-order valence-electron chi connectivity index (χ0n) is 14.5. The molecule has 2 heterocycles. The number of hydrogen-bond donors (Lipinski definition) is 0. The fraction of sp³-hybridized carbons (Fsp3) is 0.333. The van der Waals surface area contributed by atoms with Crippen molar-refractivity contribution in [3.8, 4) is 0 Å². The van der Waals surface area contributed by atoms with Gasteiger partial charge in [0.1, 0.15) is 9.62 Å². The number of rotatable bonds is 0. The average Bonchev–Trinajstić information content (AvgIpc) is 2.88. The van der Waals surface area contributed by atoms with Crippen molar-refractivity contribution in [3.05, 3.63) is 65.2 Å². The topological polar surface area (TPSA) is 37.4 Å². The number of fused-ring (bicyclic) bond motifs is 4. The minimum absolute atomic E-state index is 0.0750. The first-order valence-corrected chi connectivity index (χ1v) is 10.9. The fourth-order valence-electron chi connectivity index (χ4n) is 4.71. The molecule has 3 aliphatic rings. The van der Waals surface area contributed by atoms with E-state index in [1.165, 1.54) is 0 Å². The van der Waals surface area contributed by atoms with Gasteiger partial charge < -0.3 is 4.90 Å². The van der Waals surface area contributed by atoms with E-state index >= 15 is 0 Å². The van der Waals surface area contributed by atoms with Crippen LogP contribution in [0.1, 0.15) is 39.1 Å². The van der Waals surface area contributed by atoms with Crippen molar-refractivity contribution in [1.29, 1.82) is 0 Å². The summed E-state index contributed by atoms with van der Waals surface area (Å²) in [6.07, 6.45) is 1.38. The van der Waals surface area contributed by atoms with Gasteiger partial charge in [0.15, 0.2) is 11.6 Å². The molecule has 1 aliphatic carbocycles. The maximum Gasteiger partial charge on any atom is 0.191 e. The Kier molecular flexibility index (Phi) is 3.57. The summed E-state index contributed by atoms with van der Waals surface area (Å²) in [5.74, 6) is 2.20. The number of anilines is 1. The summed E-state index contributed by atoms with van der Waals surface area (Å²) in [4.78, 5) is 29.0. The summed E-state index contributed by atoms with van der Waals surface area (Å²) in [7, 11) is 1.99. The molecule has 132 valence electrons. The zero-order valence-corrected chi connectivity index (χ0v) is 16.2. The second-order valence-electron chi connectivity index (χ2n) is 7.08. The fourth-order valence-corrected chi connectivity index (χ4v) is 8.63. The molecular formula is C21H19NO2S2. The van der Waals surface area contributed by atoms with Gasteiger partial charge in [-0.15, -0.1) is 23.5 Å². The van der Waals surface area contributed by atoms with Crippen LogP contribution in [0.25, 0.3) is 0 Å². The Bertz CT molecular complexity index is 935. The van der Waals surface area contributed by atoms with Gasteiger partial charge in [0.05, 0.1) is 0 Å². The highest BCUT2D eigenvalue weighted by Gasteiger charge is 2.68. The van der Waals surface area contributed by atoms with Crippen LogP contribution in [0.2, 0.25) is 0 Å². The predicted molar refractivity (Wildman–Crippen MR) is 109 cm³/mol. The maximum atomic E-state index is 13.8. The number of hydrogen-bond acceptors (Lipinski definition) is 5. The normalized spacial score (nSPS) is 26.3. The van der Waals surface area contributed by atoms with Crippen LogP contribution in [0.5, 0.6) is 0 Å². The van der Waals surface area contributed by atoms with Crippen molar-refractivity contribution in [3.63, 3.8) is 0 Å². The van der Waals surface area contributed by atoms with E-state index < -0.39 is 9.62 Å². The van der Waals surface area contributed by atoms with Gasteiger partial charge >= 0.3 is 0 Å². The molecule has 0 bridgehead atoms. The molecule has 2 spiro atoms. The van der Waals surface area contributed by atoms with Crippen LogP contribution < -0.4 is 4.90 Å². The number of carbonyl (C=O) groups is 2. The predicted octanol–water partition coefficient (Wildman–Crippen LogP) is 4.37. The maximum absolute atomic E-state index is 13.8. The van der Waals surface area contributed by atoms with Crippen LogP contribution in [0, 0.1) is 0 Å². The molecule has 1 atom stereocenters. The van der Waals surface area contributed by atoms with Crippen LogP contribution in [-0.2, 0) is 4.08 Å². The Balaban J connectivity index is 1.80. The first kappa shape index (κ1) is 16.5. The molecule has 1 fully saturated rings. The van der Waals surface area contributed by atoms with Crippen molar-refractivity contribution >= 4 is 40.8 Å². The third kappa shape index (κ3) is 1.83. The summed E-state index contributed by atoms with van der Waals surface area (Å²) in [5.41, 5.74) is 2.63. The smallest absolute Gasteiger partial charge is 0.191 e. The number of thioether (sulfide) groups is 2. The van der Waals surface area contributed by atoms with E-state index in [1.54, 1.807) is 0 Å². The van der Waals surface area contributed by atoms with Crippen LogP contribution in [0.4, 0.5) is 5.69 Å². The van der Waals surface area contributed by atoms with Crippen molar-refractivity contribution in [1.82, 2.24) is 0 Å². The summed E-state index contributed by atoms with van der Waals surface area (Å²) in [6, 6.07) is 15.7. The number of Topliss-reactive ketones (excluding diaryl/α,β-unsaturated/α-hetero) is 2. The molecule has 2 aromatic rings. The number of para-hydroxylation sites is 1. The summed E-state index contributed by atoms with van der Waals surface area (Å²) in [6.45, 7) is 0. The Morgan fingerprint density at radius 2 is 1.58 bits per heavy atom. The van der Waals surface area contributed by atoms with Crippen LogP contribution in [0.3, 0.4) is 0 Å². The molecular weight excluding hydrogens is 362 g/mol. The molecule has 3 nitrogen and oxygen atoms in total. The molecule has 0 aromatic heterocycles. The lowest BCUT2D eigenvalue weighted by molar-refractivity contribution is 0.0810. The molecule has 0 saturated carbocycles. The van der Waals surface area contributed by atoms with E-state index in [2.05, 4.69) is 11.0 Å². The molecule has 5 heteroatoms. The number of ketones is 2. The Hall–Kier alpha value is -1.72. The minimum Gasteiger partial charge on any atom is -0.358 e. The number of benzene rings is 2. The van der Waals surface area contributed by atoms with E-state index in [1.807, 2.05) is 73.0 Å². The minimum atomic E-state index is -0.849. The SMILES string of the molecule is CN1c2ccccc2C(=O)C[C@@]12C(=O)c1ccccc1C21SCCCS1. The first-order chi connectivity index (χ1) is 12.6. The standard InChI is InChI=1S/C21H19NO2S2/c1-22-17-10-5-3-8-15(17)18(23)13-20(22)19(24)14-7-2-4-9-16(14)21(20)25-11-6-12-26-21/h2-5,7-10H,6,11-13H2,1H3/t20-/m0/s1. The molecule has 0 N–H and O–H groups in total. The van der Waals surface area contributed by atoms with Gasteiger partial charge in [-0.3, -0.25) is 9.59 Å². The summed E-state index contributed by atoms with van der Waals surface area (Å²) in [5, 5.41) is 0. The summed E-state index contributed by atoms with van der Waals surface area (Å²) >= 11 is 3.71. The van der Waals surface area contributed by atoms with Gasteiger partial charge in [-0.05, 0) is 35.6 Å². The van der Waals surface area contributed by atoms with Crippen molar-refractivity contribution < 1.29 is 9.59 Å². The van der Waals surface area contributed by atoms with Crippen LogP contribution >= 0.6 is 23.5 Å². The summed E-state index contributed by atoms with van der Waals surface area (Å²) < 4.78 is -0.420. The monoisotopic (exact) mass is 381 g/mol. The number of carbonyl (C=O) groups excluding carboxylic acids is 2. The largest absolute Gasteiger partial charge is 0.358 e. The Morgan fingerprint density at radius 1 is 0.923 bits per heavy atom. The third-order valence-electron chi connectivity index (χ3n) is 5.90. The zero-order chi connectivity index (χ0) is 17.9. The third-order valence-corrected chi connectivity index (χ3v) is 9.52. The van der Waals surface area contributed by atoms with Crippen LogP contribution in [-0.4, -0.2) is 35.7 Å². The molecule has 26 heavy (non-hydrogen) atoms. The molecule has 0 amide bonds. The van der Waals surface area contributed by atoms with Crippen LogP contribution in [0.15, 0.2) is 48.5 Å². The van der Waals surface area contributed by atoms with E-state index in [9.17, 15) is 9.59 Å². The highest BCUT2D eigenvalue weighted by molar-refractivity contribution is 8.18. The number of nitrogens with zero attached hydrogens (tertiary/aromatic N) is 1. The van der Waals surface area contributed by atoms with E-state index in [-0.39, 0.29) is 18.0 Å². The highest BCUT2D eigenvalue weighted by atomic mass is 32.2. The average molecular weight is 382 g/mol. The second-order valence-corrected chi connectivity index (χ2v) is 9.96. The van der Waals surface area contributed by atoms with Gasteiger partial charge in [-0.1, -0.05) is 36.4 Å². The lowest BCUT2D eigenvalue weighted by Gasteiger charge is -2.53. The van der Waals surface area contributed by atoms with E-state index in [0.29, 0.717) is 0 Å². The number of likely N-dealkylation sites (N-methyl/N-ethyl adjacent to an activating group) is 1. The molecule has 5 rings (SSSR count). The molecule has 0 unspecified atom stereocenters. The molecule has 0 radical (unpaired) electrons. The highest BCUT2D eigenvalue weighted by Crippen LogP contribution is 2.66. The van der Waals surface area contributed by atoms with Gasteiger partial charge in [0.2, 0.25) is 0 Å². The second kappa shape index (κ2) is 5.64. The molecule has 2 aromatic carbocycles. The lowest BCUT2D eigenvalue weighted by atomic mass is 9.79. The van der Waals surface area contributed by atoms with Gasteiger partial charge in [-0.2, -0.15) is 0 Å². The first-order valence-electron chi connectivity index (χ1n) is 8.90. The van der Waals surface area contributed by atoms with Gasteiger partial charge in [0.25, 0.3) is 0 Å². The van der Waals surface area contributed by atoms with E-state index in [4.69, 9.17) is 0 Å². The van der Waals surface area contributed by atoms with E-state index in [0.717, 1.165) is 40.3 Å². The van der Waals surface area contributed by atoms with Crippen molar-refractivity contribution in [2.45, 2.75) is 22.5 Å². The molecule has 2 aliphatic heterocycles.